The minimum absolute atomic E-state index is 0.310. The highest BCUT2D eigenvalue weighted by molar-refractivity contribution is 5.57. The van der Waals surface area contributed by atoms with Crippen molar-refractivity contribution < 1.29 is 0 Å². The second kappa shape index (κ2) is 5.41. The normalized spacial score (nSPS) is 17.9. The predicted molar refractivity (Wildman–Crippen MR) is 82.1 cm³/mol. The summed E-state index contributed by atoms with van der Waals surface area (Å²) >= 11 is 0. The Morgan fingerprint density at radius 1 is 1.19 bits per heavy atom. The van der Waals surface area contributed by atoms with E-state index in [-0.39, 0.29) is 0 Å². The van der Waals surface area contributed by atoms with E-state index in [9.17, 15) is 0 Å². The lowest BCUT2D eigenvalue weighted by Gasteiger charge is -2.29. The lowest BCUT2D eigenvalue weighted by molar-refractivity contribution is 0.631. The van der Waals surface area contributed by atoms with Crippen LogP contribution in [0.25, 0.3) is 0 Å². The summed E-state index contributed by atoms with van der Waals surface area (Å²) in [6.45, 7) is 3.89. The van der Waals surface area contributed by atoms with Gasteiger partial charge in [0.15, 0.2) is 11.5 Å². The van der Waals surface area contributed by atoms with Crippen LogP contribution < -0.4 is 9.80 Å². The molecule has 0 amide bonds. The van der Waals surface area contributed by atoms with E-state index < -0.39 is 0 Å². The molecule has 0 spiro atoms. The van der Waals surface area contributed by atoms with Gasteiger partial charge in [-0.1, -0.05) is 18.2 Å². The molecule has 2 aromatic rings. The largest absolute Gasteiger partial charge is 0.372 e. The highest BCUT2D eigenvalue weighted by Gasteiger charge is 2.24. The number of fused-ring (bicyclic) bond motifs is 1. The third kappa shape index (κ3) is 2.52. The van der Waals surface area contributed by atoms with Crippen LogP contribution in [0.3, 0.4) is 0 Å². The molecule has 0 saturated heterocycles. The van der Waals surface area contributed by atoms with Gasteiger partial charge in [0.1, 0.15) is 6.07 Å². The van der Waals surface area contributed by atoms with Gasteiger partial charge in [0.25, 0.3) is 0 Å². The number of nitriles is 1. The number of likely N-dealkylation sites (N-methyl/N-ethyl adjacent to an activating group) is 1. The van der Waals surface area contributed by atoms with Crippen LogP contribution >= 0.6 is 0 Å². The number of hydrogen-bond donors (Lipinski definition) is 0. The number of benzene rings is 1. The summed E-state index contributed by atoms with van der Waals surface area (Å²) < 4.78 is 0. The quantitative estimate of drug-likeness (QED) is 0.801. The van der Waals surface area contributed by atoms with Crippen LogP contribution in [0.1, 0.15) is 18.2 Å². The molecular weight excluding hydrogens is 262 g/mol. The summed E-state index contributed by atoms with van der Waals surface area (Å²) in [5.74, 6) is 0.812. The van der Waals surface area contributed by atoms with Crippen LogP contribution in [-0.2, 0) is 6.54 Å². The Bertz CT molecular complexity index is 674. The monoisotopic (exact) mass is 279 g/mol. The van der Waals surface area contributed by atoms with E-state index in [0.29, 0.717) is 11.7 Å². The molecule has 5 heteroatoms. The molecule has 106 valence electrons. The molecule has 0 bridgehead atoms. The van der Waals surface area contributed by atoms with E-state index in [0.717, 1.165) is 18.9 Å². The number of para-hydroxylation sites is 1. The van der Waals surface area contributed by atoms with Gasteiger partial charge in [0, 0.05) is 31.9 Å². The standard InChI is InChI=1S/C16H17N5/c1-12-10-20(2)15-6-4-3-5-13(15)11-21(12)16-8-7-14(9-17)18-19-16/h3-8,12H,10-11H2,1-2H3. The minimum atomic E-state index is 0.310. The molecule has 21 heavy (non-hydrogen) atoms. The summed E-state index contributed by atoms with van der Waals surface area (Å²) in [5.41, 5.74) is 2.88. The molecule has 0 fully saturated rings. The van der Waals surface area contributed by atoms with Crippen LogP contribution in [0.4, 0.5) is 11.5 Å². The molecule has 1 unspecified atom stereocenters. The average Bonchev–Trinajstić information content (AvgIpc) is 2.64. The smallest absolute Gasteiger partial charge is 0.163 e. The Morgan fingerprint density at radius 2 is 2.00 bits per heavy atom. The van der Waals surface area contributed by atoms with Gasteiger partial charge in [0.05, 0.1) is 0 Å². The van der Waals surface area contributed by atoms with Crippen molar-refractivity contribution in [1.82, 2.24) is 10.2 Å². The molecule has 2 heterocycles. The number of aromatic nitrogens is 2. The summed E-state index contributed by atoms with van der Waals surface area (Å²) in [7, 11) is 2.11. The third-order valence-electron chi connectivity index (χ3n) is 3.87. The molecule has 1 aromatic carbocycles. The fourth-order valence-electron chi connectivity index (χ4n) is 2.79. The van der Waals surface area contributed by atoms with Crippen molar-refractivity contribution in [2.45, 2.75) is 19.5 Å². The Kier molecular flexibility index (Phi) is 3.44. The van der Waals surface area contributed by atoms with Gasteiger partial charge in [0.2, 0.25) is 0 Å². The lowest BCUT2D eigenvalue weighted by atomic mass is 10.1. The van der Waals surface area contributed by atoms with E-state index in [1.54, 1.807) is 6.07 Å². The van der Waals surface area contributed by atoms with Crippen LogP contribution in [0.15, 0.2) is 36.4 Å². The first-order chi connectivity index (χ1) is 10.2. The number of rotatable bonds is 1. The van der Waals surface area contributed by atoms with Gasteiger partial charge >= 0.3 is 0 Å². The van der Waals surface area contributed by atoms with Crippen LogP contribution in [-0.4, -0.2) is 29.8 Å². The first kappa shape index (κ1) is 13.4. The van der Waals surface area contributed by atoms with Crippen molar-refractivity contribution >= 4 is 11.5 Å². The zero-order chi connectivity index (χ0) is 14.8. The molecule has 1 aliphatic rings. The first-order valence-electron chi connectivity index (χ1n) is 6.98. The second-order valence-corrected chi connectivity index (χ2v) is 5.37. The van der Waals surface area contributed by atoms with E-state index >= 15 is 0 Å². The first-order valence-corrected chi connectivity index (χ1v) is 6.98. The SMILES string of the molecule is CC1CN(C)c2ccccc2CN1c1ccc(C#N)nn1. The zero-order valence-electron chi connectivity index (χ0n) is 12.2. The lowest BCUT2D eigenvalue weighted by Crippen LogP contribution is -2.38. The maximum atomic E-state index is 8.83. The second-order valence-electron chi connectivity index (χ2n) is 5.37. The van der Waals surface area contributed by atoms with Crippen molar-refractivity contribution in [2.75, 3.05) is 23.4 Å². The van der Waals surface area contributed by atoms with Crippen molar-refractivity contribution in [3.8, 4) is 6.07 Å². The molecular formula is C16H17N5. The highest BCUT2D eigenvalue weighted by atomic mass is 15.3. The molecule has 1 aliphatic heterocycles. The van der Waals surface area contributed by atoms with Gasteiger partial charge in [-0.05, 0) is 30.7 Å². The van der Waals surface area contributed by atoms with Crippen LogP contribution in [0.2, 0.25) is 0 Å². The maximum absolute atomic E-state index is 8.83. The summed E-state index contributed by atoms with van der Waals surface area (Å²) in [4.78, 5) is 4.51. The fraction of sp³-hybridized carbons (Fsp3) is 0.312. The third-order valence-corrected chi connectivity index (χ3v) is 3.87. The molecule has 0 saturated carbocycles. The minimum Gasteiger partial charge on any atom is -0.372 e. The Balaban J connectivity index is 1.97. The number of hydrogen-bond acceptors (Lipinski definition) is 5. The van der Waals surface area contributed by atoms with Crippen molar-refractivity contribution in [1.29, 1.82) is 5.26 Å². The molecule has 3 rings (SSSR count). The Hall–Kier alpha value is -2.61. The van der Waals surface area contributed by atoms with Crippen molar-refractivity contribution in [3.63, 3.8) is 0 Å². The van der Waals surface area contributed by atoms with E-state index in [2.05, 4.69) is 58.2 Å². The molecule has 5 nitrogen and oxygen atoms in total. The summed E-state index contributed by atoms with van der Waals surface area (Å²) in [6, 6.07) is 14.3. The number of anilines is 2. The van der Waals surface area contributed by atoms with Gasteiger partial charge < -0.3 is 9.80 Å². The van der Waals surface area contributed by atoms with Crippen LogP contribution in [0, 0.1) is 11.3 Å². The molecule has 1 aromatic heterocycles. The molecule has 1 atom stereocenters. The van der Waals surface area contributed by atoms with Gasteiger partial charge in [-0.15, -0.1) is 10.2 Å². The predicted octanol–water partition coefficient (Wildman–Crippen LogP) is 2.19. The molecule has 0 aliphatic carbocycles. The van der Waals surface area contributed by atoms with Gasteiger partial charge in [-0.3, -0.25) is 0 Å². The van der Waals surface area contributed by atoms with Crippen molar-refractivity contribution in [3.05, 3.63) is 47.7 Å². The summed E-state index contributed by atoms with van der Waals surface area (Å²) in [5, 5.41) is 17.0. The van der Waals surface area contributed by atoms with Gasteiger partial charge in [-0.2, -0.15) is 5.26 Å². The van der Waals surface area contributed by atoms with E-state index in [1.807, 2.05) is 12.1 Å². The number of nitrogens with zero attached hydrogens (tertiary/aromatic N) is 5. The highest BCUT2D eigenvalue weighted by Crippen LogP contribution is 2.28. The molecule has 0 N–H and O–H groups in total. The van der Waals surface area contributed by atoms with Crippen molar-refractivity contribution in [2.24, 2.45) is 0 Å². The van der Waals surface area contributed by atoms with E-state index in [1.165, 1.54) is 11.3 Å². The Morgan fingerprint density at radius 3 is 2.71 bits per heavy atom. The van der Waals surface area contributed by atoms with E-state index in [4.69, 9.17) is 5.26 Å². The topological polar surface area (TPSA) is 56.0 Å². The maximum Gasteiger partial charge on any atom is 0.163 e. The van der Waals surface area contributed by atoms with Gasteiger partial charge in [-0.25, -0.2) is 0 Å². The van der Waals surface area contributed by atoms with Crippen LogP contribution in [0.5, 0.6) is 0 Å². The summed E-state index contributed by atoms with van der Waals surface area (Å²) in [6.07, 6.45) is 0. The fourth-order valence-corrected chi connectivity index (χ4v) is 2.79. The zero-order valence-corrected chi connectivity index (χ0v) is 12.2. The Labute approximate surface area is 124 Å². The molecule has 0 radical (unpaired) electrons. The average molecular weight is 279 g/mol.